The highest BCUT2D eigenvalue weighted by atomic mass is 16.2. The highest BCUT2D eigenvalue weighted by Gasteiger charge is 2.17. The van der Waals surface area contributed by atoms with Crippen molar-refractivity contribution in [1.82, 2.24) is 15.1 Å². The molecule has 0 fully saturated rings. The maximum Gasteiger partial charge on any atom is 0.271 e. The van der Waals surface area contributed by atoms with E-state index in [-0.39, 0.29) is 17.3 Å². The summed E-state index contributed by atoms with van der Waals surface area (Å²) >= 11 is 0. The number of nitrogens with two attached hydrogens (primary N) is 1. The summed E-state index contributed by atoms with van der Waals surface area (Å²) in [5.41, 5.74) is 6.26. The van der Waals surface area contributed by atoms with Gasteiger partial charge in [0.2, 0.25) is 0 Å². The number of carbonyl (C=O) groups excluding carboxylic acids is 2. The van der Waals surface area contributed by atoms with Crippen molar-refractivity contribution in [3.05, 3.63) is 47.8 Å². The van der Waals surface area contributed by atoms with E-state index in [0.29, 0.717) is 5.69 Å². The molecular weight excluding hydrogens is 232 g/mol. The molecule has 2 amide bonds. The Morgan fingerprint density at radius 2 is 1.94 bits per heavy atom. The first-order valence-corrected chi connectivity index (χ1v) is 5.31. The lowest BCUT2D eigenvalue weighted by Gasteiger charge is -2.03. The van der Waals surface area contributed by atoms with Gasteiger partial charge in [-0.05, 0) is 12.1 Å². The third-order valence-electron chi connectivity index (χ3n) is 2.42. The number of para-hydroxylation sites is 1. The lowest BCUT2D eigenvalue weighted by atomic mass is 10.3. The lowest BCUT2D eigenvalue weighted by molar-refractivity contribution is 0.0956. The zero-order chi connectivity index (χ0) is 13.1. The van der Waals surface area contributed by atoms with E-state index in [4.69, 9.17) is 5.73 Å². The standard InChI is InChI=1S/C12H12N4O2/c1-14-12(18)9-7-10(11(13)17)16(15-9)8-5-3-2-4-6-8/h2-7H,1H3,(H2,13,17)(H,14,18). The normalized spacial score (nSPS) is 10.1. The lowest BCUT2D eigenvalue weighted by Crippen LogP contribution is -2.18. The molecule has 0 saturated carbocycles. The molecule has 0 bridgehead atoms. The fourth-order valence-corrected chi connectivity index (χ4v) is 1.56. The third kappa shape index (κ3) is 2.08. The Hall–Kier alpha value is -2.63. The van der Waals surface area contributed by atoms with Gasteiger partial charge in [0, 0.05) is 13.1 Å². The summed E-state index contributed by atoms with van der Waals surface area (Å²) in [6, 6.07) is 10.4. The molecule has 0 aliphatic carbocycles. The van der Waals surface area contributed by atoms with Crippen LogP contribution in [-0.2, 0) is 0 Å². The molecule has 0 aliphatic heterocycles. The fourth-order valence-electron chi connectivity index (χ4n) is 1.56. The average Bonchev–Trinajstić information content (AvgIpc) is 2.84. The van der Waals surface area contributed by atoms with Crippen LogP contribution in [-0.4, -0.2) is 28.6 Å². The van der Waals surface area contributed by atoms with Crippen molar-refractivity contribution in [2.75, 3.05) is 7.05 Å². The summed E-state index contributed by atoms with van der Waals surface area (Å²) < 4.78 is 1.35. The number of aromatic nitrogens is 2. The number of carbonyl (C=O) groups is 2. The Kier molecular flexibility index (Phi) is 3.09. The van der Waals surface area contributed by atoms with Crippen LogP contribution >= 0.6 is 0 Å². The van der Waals surface area contributed by atoms with Crippen molar-refractivity contribution in [3.8, 4) is 5.69 Å². The van der Waals surface area contributed by atoms with E-state index in [1.807, 2.05) is 6.07 Å². The van der Waals surface area contributed by atoms with Gasteiger partial charge in [-0.3, -0.25) is 9.59 Å². The number of benzene rings is 1. The SMILES string of the molecule is CNC(=O)c1cc(C(N)=O)n(-c2ccccc2)n1. The van der Waals surface area contributed by atoms with Crippen LogP contribution in [0.2, 0.25) is 0 Å². The van der Waals surface area contributed by atoms with Crippen LogP contribution in [0.3, 0.4) is 0 Å². The molecule has 0 radical (unpaired) electrons. The molecule has 18 heavy (non-hydrogen) atoms. The Labute approximate surface area is 103 Å². The van der Waals surface area contributed by atoms with E-state index in [1.165, 1.54) is 17.8 Å². The number of hydrogen-bond donors (Lipinski definition) is 2. The molecule has 0 aliphatic rings. The van der Waals surface area contributed by atoms with Gasteiger partial charge < -0.3 is 11.1 Å². The Bertz CT molecular complexity index is 589. The summed E-state index contributed by atoms with van der Waals surface area (Å²) in [5.74, 6) is -1.01. The topological polar surface area (TPSA) is 90.0 Å². The van der Waals surface area contributed by atoms with Crippen LogP contribution in [0, 0.1) is 0 Å². The molecule has 0 atom stereocenters. The number of nitrogens with one attached hydrogen (secondary N) is 1. The molecule has 2 aromatic rings. The molecule has 6 nitrogen and oxygen atoms in total. The first kappa shape index (κ1) is 11.8. The molecule has 1 aromatic heterocycles. The van der Waals surface area contributed by atoms with E-state index in [2.05, 4.69) is 10.4 Å². The monoisotopic (exact) mass is 244 g/mol. The smallest absolute Gasteiger partial charge is 0.271 e. The molecule has 1 aromatic carbocycles. The first-order chi connectivity index (χ1) is 8.63. The molecule has 0 unspecified atom stereocenters. The van der Waals surface area contributed by atoms with Crippen molar-refractivity contribution in [1.29, 1.82) is 0 Å². The predicted octanol–water partition coefficient (Wildman–Crippen LogP) is 0.331. The van der Waals surface area contributed by atoms with Gasteiger partial charge >= 0.3 is 0 Å². The third-order valence-corrected chi connectivity index (χ3v) is 2.42. The maximum absolute atomic E-state index is 11.5. The second kappa shape index (κ2) is 4.70. The van der Waals surface area contributed by atoms with Gasteiger partial charge in [0.15, 0.2) is 5.69 Å². The van der Waals surface area contributed by atoms with Gasteiger partial charge in [-0.25, -0.2) is 4.68 Å². The zero-order valence-electron chi connectivity index (χ0n) is 9.75. The van der Waals surface area contributed by atoms with Crippen LogP contribution < -0.4 is 11.1 Å². The van der Waals surface area contributed by atoms with E-state index in [9.17, 15) is 9.59 Å². The highest BCUT2D eigenvalue weighted by molar-refractivity contribution is 5.97. The number of hydrogen-bond acceptors (Lipinski definition) is 3. The van der Waals surface area contributed by atoms with Gasteiger partial charge in [0.05, 0.1) is 5.69 Å². The number of primary amides is 1. The maximum atomic E-state index is 11.5. The van der Waals surface area contributed by atoms with Crippen LogP contribution in [0.15, 0.2) is 36.4 Å². The van der Waals surface area contributed by atoms with Gasteiger partial charge in [0.1, 0.15) is 5.69 Å². The van der Waals surface area contributed by atoms with E-state index in [0.717, 1.165) is 0 Å². The summed E-state index contributed by atoms with van der Waals surface area (Å²) in [6.07, 6.45) is 0. The average molecular weight is 244 g/mol. The molecule has 2 rings (SSSR count). The van der Waals surface area contributed by atoms with E-state index < -0.39 is 5.91 Å². The molecular formula is C12H12N4O2. The number of amides is 2. The fraction of sp³-hybridized carbons (Fsp3) is 0.0833. The van der Waals surface area contributed by atoms with Crippen LogP contribution in [0.1, 0.15) is 21.0 Å². The molecule has 0 spiro atoms. The first-order valence-electron chi connectivity index (χ1n) is 5.31. The van der Waals surface area contributed by atoms with Gasteiger partial charge in [-0.2, -0.15) is 5.10 Å². The predicted molar refractivity (Wildman–Crippen MR) is 65.5 cm³/mol. The van der Waals surface area contributed by atoms with Crippen molar-refractivity contribution in [3.63, 3.8) is 0 Å². The van der Waals surface area contributed by atoms with Crippen LogP contribution in [0.25, 0.3) is 5.69 Å². The summed E-state index contributed by atoms with van der Waals surface area (Å²) in [5, 5.41) is 6.52. The van der Waals surface area contributed by atoms with Crippen molar-refractivity contribution in [2.24, 2.45) is 5.73 Å². The molecule has 1 heterocycles. The molecule has 3 N–H and O–H groups in total. The van der Waals surface area contributed by atoms with Gasteiger partial charge in [-0.1, -0.05) is 18.2 Å². The van der Waals surface area contributed by atoms with E-state index in [1.54, 1.807) is 24.3 Å². The Morgan fingerprint density at radius 3 is 2.50 bits per heavy atom. The molecule has 0 saturated heterocycles. The van der Waals surface area contributed by atoms with Crippen molar-refractivity contribution >= 4 is 11.8 Å². The highest BCUT2D eigenvalue weighted by Crippen LogP contribution is 2.12. The minimum Gasteiger partial charge on any atom is -0.364 e. The second-order valence-electron chi connectivity index (χ2n) is 3.61. The summed E-state index contributed by atoms with van der Waals surface area (Å²) in [6.45, 7) is 0. The van der Waals surface area contributed by atoms with Crippen LogP contribution in [0.5, 0.6) is 0 Å². The van der Waals surface area contributed by atoms with Crippen LogP contribution in [0.4, 0.5) is 0 Å². The number of nitrogens with zero attached hydrogens (tertiary/aromatic N) is 2. The molecule has 6 heteroatoms. The Morgan fingerprint density at radius 1 is 1.28 bits per heavy atom. The van der Waals surface area contributed by atoms with Gasteiger partial charge in [-0.15, -0.1) is 0 Å². The minimum absolute atomic E-state index is 0.148. The molecule has 92 valence electrons. The van der Waals surface area contributed by atoms with Crippen molar-refractivity contribution in [2.45, 2.75) is 0 Å². The number of rotatable bonds is 3. The quantitative estimate of drug-likeness (QED) is 0.815. The van der Waals surface area contributed by atoms with Gasteiger partial charge in [0.25, 0.3) is 11.8 Å². The van der Waals surface area contributed by atoms with E-state index >= 15 is 0 Å². The Balaban J connectivity index is 2.56. The minimum atomic E-state index is -0.637. The summed E-state index contributed by atoms with van der Waals surface area (Å²) in [7, 11) is 1.49. The van der Waals surface area contributed by atoms with Crippen molar-refractivity contribution < 1.29 is 9.59 Å². The second-order valence-corrected chi connectivity index (χ2v) is 3.61. The largest absolute Gasteiger partial charge is 0.364 e. The zero-order valence-corrected chi connectivity index (χ0v) is 9.75. The summed E-state index contributed by atoms with van der Waals surface area (Å²) in [4.78, 5) is 22.8.